The number of urea groups is 1. The molecule has 0 fully saturated rings. The van der Waals surface area contributed by atoms with Gasteiger partial charge in [0.1, 0.15) is 0 Å². The number of aryl methyl sites for hydroxylation is 1. The summed E-state index contributed by atoms with van der Waals surface area (Å²) < 4.78 is 1.06. The number of nitrogens with one attached hydrogen (secondary N) is 3. The van der Waals surface area contributed by atoms with Crippen LogP contribution in [0.4, 0.5) is 10.5 Å². The highest BCUT2D eigenvalue weighted by atomic mass is 79.9. The van der Waals surface area contributed by atoms with Crippen molar-refractivity contribution >= 4 is 33.6 Å². The molecule has 2 aromatic rings. The molecular weight excluding hydrogens is 406 g/mol. The summed E-state index contributed by atoms with van der Waals surface area (Å²) in [4.78, 5) is 24.3. The second-order valence-electron chi connectivity index (χ2n) is 6.87. The van der Waals surface area contributed by atoms with Gasteiger partial charge in [0.2, 0.25) is 0 Å². The predicted octanol–water partition coefficient (Wildman–Crippen LogP) is 4.73. The van der Waals surface area contributed by atoms with Crippen LogP contribution in [0.25, 0.3) is 0 Å². The summed E-state index contributed by atoms with van der Waals surface area (Å²) in [5.41, 5.74) is 2.35. The minimum absolute atomic E-state index is 0.0435. The van der Waals surface area contributed by atoms with Crippen LogP contribution in [0.5, 0.6) is 0 Å². The highest BCUT2D eigenvalue weighted by molar-refractivity contribution is 9.10. The fourth-order valence-corrected chi connectivity index (χ4v) is 2.85. The SMILES string of the molecule is CC(C)NC(=O)Nc1cccc(C(=O)NC(C)CCc2ccc(Br)cc2)c1. The summed E-state index contributed by atoms with van der Waals surface area (Å²) in [6.07, 6.45) is 1.74. The van der Waals surface area contributed by atoms with E-state index in [9.17, 15) is 9.59 Å². The average Bonchev–Trinajstić information content (AvgIpc) is 2.60. The first kappa shape index (κ1) is 21.0. The Balaban J connectivity index is 1.88. The molecule has 2 aromatic carbocycles. The van der Waals surface area contributed by atoms with Gasteiger partial charge in [0.25, 0.3) is 5.91 Å². The molecule has 0 saturated carbocycles. The zero-order chi connectivity index (χ0) is 19.8. The number of rotatable bonds is 7. The van der Waals surface area contributed by atoms with Gasteiger partial charge in [-0.3, -0.25) is 4.79 Å². The molecule has 5 nitrogen and oxygen atoms in total. The number of halogens is 1. The minimum atomic E-state index is -0.287. The third kappa shape index (κ3) is 7.43. The summed E-state index contributed by atoms with van der Waals surface area (Å²) in [6, 6.07) is 14.9. The van der Waals surface area contributed by atoms with Gasteiger partial charge in [0.05, 0.1) is 0 Å². The third-order valence-corrected chi connectivity index (χ3v) is 4.49. The zero-order valence-electron chi connectivity index (χ0n) is 15.9. The largest absolute Gasteiger partial charge is 0.350 e. The Hall–Kier alpha value is -2.34. The molecule has 0 spiro atoms. The lowest BCUT2D eigenvalue weighted by Gasteiger charge is -2.15. The maximum Gasteiger partial charge on any atom is 0.319 e. The Bertz CT molecular complexity index is 775. The normalized spacial score (nSPS) is 11.7. The Morgan fingerprint density at radius 2 is 1.70 bits per heavy atom. The minimum Gasteiger partial charge on any atom is -0.350 e. The highest BCUT2D eigenvalue weighted by Gasteiger charge is 2.11. The van der Waals surface area contributed by atoms with Gasteiger partial charge in [-0.25, -0.2) is 4.79 Å². The van der Waals surface area contributed by atoms with E-state index in [2.05, 4.69) is 44.0 Å². The molecule has 1 atom stereocenters. The van der Waals surface area contributed by atoms with Crippen LogP contribution in [0, 0.1) is 0 Å². The van der Waals surface area contributed by atoms with E-state index < -0.39 is 0 Å². The molecule has 0 aliphatic rings. The monoisotopic (exact) mass is 431 g/mol. The van der Waals surface area contributed by atoms with Crippen molar-refractivity contribution in [1.82, 2.24) is 10.6 Å². The van der Waals surface area contributed by atoms with Gasteiger partial charge in [-0.2, -0.15) is 0 Å². The predicted molar refractivity (Wildman–Crippen MR) is 113 cm³/mol. The lowest BCUT2D eigenvalue weighted by Crippen LogP contribution is -2.34. The second-order valence-corrected chi connectivity index (χ2v) is 7.79. The van der Waals surface area contributed by atoms with Gasteiger partial charge >= 0.3 is 6.03 Å². The summed E-state index contributed by atoms with van der Waals surface area (Å²) >= 11 is 3.43. The number of amides is 3. The topological polar surface area (TPSA) is 70.2 Å². The lowest BCUT2D eigenvalue weighted by molar-refractivity contribution is 0.0938. The Morgan fingerprint density at radius 1 is 1.00 bits per heavy atom. The molecule has 0 radical (unpaired) electrons. The van der Waals surface area contributed by atoms with E-state index in [1.807, 2.05) is 32.9 Å². The Morgan fingerprint density at radius 3 is 2.37 bits per heavy atom. The number of carbonyl (C=O) groups is 2. The number of hydrogen-bond donors (Lipinski definition) is 3. The van der Waals surface area contributed by atoms with E-state index in [1.165, 1.54) is 5.56 Å². The molecule has 0 aliphatic carbocycles. The standard InChI is InChI=1S/C21H26BrN3O2/c1-14(2)23-21(27)25-19-6-4-5-17(13-19)20(26)24-15(3)7-8-16-9-11-18(22)12-10-16/h4-6,9-15H,7-8H2,1-3H3,(H,24,26)(H2,23,25,27). The smallest absolute Gasteiger partial charge is 0.319 e. The van der Waals surface area contributed by atoms with Crippen LogP contribution in [0.2, 0.25) is 0 Å². The number of hydrogen-bond acceptors (Lipinski definition) is 2. The summed E-state index contributed by atoms with van der Waals surface area (Å²) in [7, 11) is 0. The van der Waals surface area contributed by atoms with Crippen LogP contribution < -0.4 is 16.0 Å². The molecule has 6 heteroatoms. The van der Waals surface area contributed by atoms with Crippen molar-refractivity contribution in [3.63, 3.8) is 0 Å². The molecular formula is C21H26BrN3O2. The lowest BCUT2D eigenvalue weighted by atomic mass is 10.1. The molecule has 3 amide bonds. The Labute approximate surface area is 169 Å². The quantitative estimate of drug-likeness (QED) is 0.592. The van der Waals surface area contributed by atoms with E-state index in [4.69, 9.17) is 0 Å². The van der Waals surface area contributed by atoms with Gasteiger partial charge < -0.3 is 16.0 Å². The molecule has 0 heterocycles. The van der Waals surface area contributed by atoms with Gasteiger partial charge in [0, 0.05) is 27.8 Å². The third-order valence-electron chi connectivity index (χ3n) is 3.96. The molecule has 0 saturated heterocycles. The van der Waals surface area contributed by atoms with Crippen LogP contribution in [0.3, 0.4) is 0 Å². The van der Waals surface area contributed by atoms with E-state index in [0.717, 1.165) is 17.3 Å². The van der Waals surface area contributed by atoms with E-state index >= 15 is 0 Å². The maximum atomic E-state index is 12.5. The molecule has 0 aromatic heterocycles. The van der Waals surface area contributed by atoms with Gasteiger partial charge in [-0.15, -0.1) is 0 Å². The van der Waals surface area contributed by atoms with Gasteiger partial charge in [-0.1, -0.05) is 34.1 Å². The van der Waals surface area contributed by atoms with E-state index in [0.29, 0.717) is 11.3 Å². The van der Waals surface area contributed by atoms with Gasteiger partial charge in [0.15, 0.2) is 0 Å². The van der Waals surface area contributed by atoms with Crippen LogP contribution >= 0.6 is 15.9 Å². The first-order chi connectivity index (χ1) is 12.8. The summed E-state index contributed by atoms with van der Waals surface area (Å²) in [5, 5.41) is 8.51. The van der Waals surface area contributed by atoms with E-state index in [-0.39, 0.29) is 24.0 Å². The average molecular weight is 432 g/mol. The number of anilines is 1. The van der Waals surface area contributed by atoms with Crippen molar-refractivity contribution in [3.8, 4) is 0 Å². The second kappa shape index (κ2) is 10.1. The Kier molecular flexibility index (Phi) is 7.85. The van der Waals surface area contributed by atoms with Crippen molar-refractivity contribution in [1.29, 1.82) is 0 Å². The fourth-order valence-electron chi connectivity index (χ4n) is 2.58. The first-order valence-electron chi connectivity index (χ1n) is 9.06. The van der Waals surface area contributed by atoms with Crippen molar-refractivity contribution in [2.45, 2.75) is 45.7 Å². The molecule has 27 heavy (non-hydrogen) atoms. The van der Waals surface area contributed by atoms with Crippen molar-refractivity contribution in [3.05, 3.63) is 64.1 Å². The maximum absolute atomic E-state index is 12.5. The molecule has 144 valence electrons. The van der Waals surface area contributed by atoms with Crippen molar-refractivity contribution in [2.75, 3.05) is 5.32 Å². The van der Waals surface area contributed by atoms with Crippen LogP contribution in [-0.2, 0) is 6.42 Å². The van der Waals surface area contributed by atoms with Crippen LogP contribution in [-0.4, -0.2) is 24.0 Å². The van der Waals surface area contributed by atoms with Gasteiger partial charge in [-0.05, 0) is 69.5 Å². The van der Waals surface area contributed by atoms with Crippen molar-refractivity contribution in [2.24, 2.45) is 0 Å². The molecule has 0 aliphatic heterocycles. The highest BCUT2D eigenvalue weighted by Crippen LogP contribution is 2.14. The fraction of sp³-hybridized carbons (Fsp3) is 0.333. The molecule has 2 rings (SSSR count). The van der Waals surface area contributed by atoms with Crippen LogP contribution in [0.15, 0.2) is 53.0 Å². The molecule has 3 N–H and O–H groups in total. The molecule has 0 bridgehead atoms. The van der Waals surface area contributed by atoms with Crippen molar-refractivity contribution < 1.29 is 9.59 Å². The number of carbonyl (C=O) groups excluding carboxylic acids is 2. The molecule has 1 unspecified atom stereocenters. The van der Waals surface area contributed by atoms with Crippen LogP contribution in [0.1, 0.15) is 43.1 Å². The summed E-state index contributed by atoms with van der Waals surface area (Å²) in [6.45, 7) is 5.77. The van der Waals surface area contributed by atoms with E-state index in [1.54, 1.807) is 24.3 Å². The zero-order valence-corrected chi connectivity index (χ0v) is 17.5. The number of benzene rings is 2. The summed E-state index contributed by atoms with van der Waals surface area (Å²) in [5.74, 6) is -0.147. The first-order valence-corrected chi connectivity index (χ1v) is 9.85.